The molecule has 1 saturated carbocycles. The number of amides is 2. The van der Waals surface area contributed by atoms with Crippen molar-refractivity contribution >= 4 is 53.3 Å². The van der Waals surface area contributed by atoms with Crippen LogP contribution in [0.2, 0.25) is 10.0 Å². The first kappa shape index (κ1) is 20.9. The van der Waals surface area contributed by atoms with Gasteiger partial charge in [-0.3, -0.25) is 10.3 Å². The Labute approximate surface area is 159 Å². The Bertz CT molecular complexity index is 554. The molecule has 0 heterocycles. The summed E-state index contributed by atoms with van der Waals surface area (Å²) in [6, 6.07) is 4.88. The molecule has 1 aromatic carbocycles. The third kappa shape index (κ3) is 6.38. The van der Waals surface area contributed by atoms with E-state index in [-0.39, 0.29) is 18.4 Å². The topological polar surface area (TPSA) is 65.5 Å². The second-order valence-electron chi connectivity index (χ2n) is 5.62. The molecule has 0 aromatic heterocycles. The number of carbonyl (C=O) groups excluding carboxylic acids is 1. The maximum absolute atomic E-state index is 11.6. The predicted octanol–water partition coefficient (Wildman–Crippen LogP) is 4.69. The van der Waals surface area contributed by atoms with Gasteiger partial charge in [-0.25, -0.2) is 4.79 Å². The van der Waals surface area contributed by atoms with Gasteiger partial charge in [0.15, 0.2) is 0 Å². The number of hydrogen-bond donors (Lipinski definition) is 3. The first-order valence-electron chi connectivity index (χ1n) is 7.84. The summed E-state index contributed by atoms with van der Waals surface area (Å²) in [6.07, 6.45) is 6.18. The van der Waals surface area contributed by atoms with E-state index in [9.17, 15) is 4.79 Å². The Morgan fingerprint density at radius 2 is 1.83 bits per heavy atom. The highest BCUT2D eigenvalue weighted by Gasteiger charge is 2.15. The lowest BCUT2D eigenvalue weighted by Gasteiger charge is -2.20. The molecule has 0 spiro atoms. The fraction of sp³-hybridized carbons (Fsp3) is 0.500. The Hall–Kier alpha value is -1.17. The largest absolute Gasteiger partial charge is 0.341 e. The molecule has 5 nitrogen and oxygen atoms in total. The van der Waals surface area contributed by atoms with E-state index in [4.69, 9.17) is 23.2 Å². The number of halogens is 3. The third-order valence-corrected chi connectivity index (χ3v) is 4.53. The Morgan fingerprint density at radius 3 is 2.42 bits per heavy atom. The quantitative estimate of drug-likeness (QED) is 0.515. The van der Waals surface area contributed by atoms with Gasteiger partial charge in [-0.2, -0.15) is 0 Å². The lowest BCUT2D eigenvalue weighted by molar-refractivity contribution is 0.247. The first-order valence-corrected chi connectivity index (χ1v) is 8.60. The average molecular weight is 394 g/mol. The van der Waals surface area contributed by atoms with Crippen LogP contribution in [-0.2, 0) is 0 Å². The zero-order valence-corrected chi connectivity index (χ0v) is 15.9. The van der Waals surface area contributed by atoms with Gasteiger partial charge in [-0.1, -0.05) is 48.5 Å². The number of nitrogens with one attached hydrogen (secondary N) is 3. The molecule has 1 aromatic rings. The van der Waals surface area contributed by atoms with Crippen molar-refractivity contribution in [2.24, 2.45) is 10.9 Å². The highest BCUT2D eigenvalue weighted by molar-refractivity contribution is 6.39. The van der Waals surface area contributed by atoms with Crippen LogP contribution in [-0.4, -0.2) is 25.6 Å². The van der Waals surface area contributed by atoms with Gasteiger partial charge in [0.1, 0.15) is 0 Å². The van der Waals surface area contributed by atoms with Crippen molar-refractivity contribution in [2.75, 3.05) is 18.9 Å². The van der Waals surface area contributed by atoms with Crippen molar-refractivity contribution in [3.8, 4) is 0 Å². The maximum Gasteiger partial charge on any atom is 0.321 e. The maximum atomic E-state index is 11.6. The van der Waals surface area contributed by atoms with Crippen LogP contribution in [0.3, 0.4) is 0 Å². The van der Waals surface area contributed by atoms with Crippen molar-refractivity contribution in [1.29, 1.82) is 0 Å². The normalized spacial score (nSPS) is 15.4. The number of guanidine groups is 1. The molecule has 0 unspecified atom stereocenters. The second-order valence-corrected chi connectivity index (χ2v) is 6.43. The SMILES string of the molecule is CNC(=O)NC(=NCC1CCCCC1)Nc1c(Cl)cccc1Cl.Cl. The minimum Gasteiger partial charge on any atom is -0.341 e. The molecule has 0 saturated heterocycles. The Morgan fingerprint density at radius 1 is 1.21 bits per heavy atom. The van der Waals surface area contributed by atoms with E-state index in [0.717, 1.165) is 0 Å². The summed E-state index contributed by atoms with van der Waals surface area (Å²) in [4.78, 5) is 16.2. The lowest BCUT2D eigenvalue weighted by atomic mass is 9.89. The highest BCUT2D eigenvalue weighted by Crippen LogP contribution is 2.29. The van der Waals surface area contributed by atoms with Crippen molar-refractivity contribution < 1.29 is 4.79 Å². The van der Waals surface area contributed by atoms with Crippen molar-refractivity contribution in [2.45, 2.75) is 32.1 Å². The van der Waals surface area contributed by atoms with Crippen molar-refractivity contribution in [1.82, 2.24) is 10.6 Å². The Kier molecular flexibility index (Phi) is 9.26. The van der Waals surface area contributed by atoms with Gasteiger partial charge in [0.2, 0.25) is 5.96 Å². The molecule has 0 radical (unpaired) electrons. The first-order chi connectivity index (χ1) is 11.1. The van der Waals surface area contributed by atoms with Crippen LogP contribution in [0.4, 0.5) is 10.5 Å². The number of urea groups is 1. The predicted molar refractivity (Wildman–Crippen MR) is 104 cm³/mol. The molecule has 1 fully saturated rings. The highest BCUT2D eigenvalue weighted by atomic mass is 35.5. The molecule has 0 atom stereocenters. The lowest BCUT2D eigenvalue weighted by Crippen LogP contribution is -2.41. The fourth-order valence-corrected chi connectivity index (χ4v) is 3.10. The smallest absolute Gasteiger partial charge is 0.321 e. The molecule has 1 aliphatic carbocycles. The number of rotatable bonds is 3. The number of anilines is 1. The van der Waals surface area contributed by atoms with E-state index in [1.165, 1.54) is 32.1 Å². The summed E-state index contributed by atoms with van der Waals surface area (Å²) in [5.74, 6) is 0.915. The van der Waals surface area contributed by atoms with Gasteiger partial charge >= 0.3 is 6.03 Å². The summed E-state index contributed by atoms with van der Waals surface area (Å²) in [5.41, 5.74) is 0.537. The molecule has 3 N–H and O–H groups in total. The minimum absolute atomic E-state index is 0. The van der Waals surface area contributed by atoms with E-state index in [1.807, 2.05) is 0 Å². The van der Waals surface area contributed by atoms with Crippen LogP contribution in [0.15, 0.2) is 23.2 Å². The van der Waals surface area contributed by atoms with E-state index in [1.54, 1.807) is 25.2 Å². The molecule has 24 heavy (non-hydrogen) atoms. The second kappa shape index (κ2) is 10.6. The van der Waals surface area contributed by atoms with Gasteiger partial charge in [0, 0.05) is 13.6 Å². The fourth-order valence-electron chi connectivity index (χ4n) is 2.61. The third-order valence-electron chi connectivity index (χ3n) is 3.90. The molecule has 2 amide bonds. The van der Waals surface area contributed by atoms with Crippen LogP contribution in [0.1, 0.15) is 32.1 Å². The number of benzene rings is 1. The van der Waals surface area contributed by atoms with Crippen LogP contribution in [0, 0.1) is 5.92 Å². The average Bonchev–Trinajstić information content (AvgIpc) is 2.56. The molecule has 134 valence electrons. The van der Waals surface area contributed by atoms with Gasteiger partial charge in [-0.15, -0.1) is 12.4 Å². The molecule has 1 aliphatic rings. The Balaban J connectivity index is 0.00000288. The molecule has 0 aliphatic heterocycles. The van der Waals surface area contributed by atoms with Gasteiger partial charge in [0.25, 0.3) is 0 Å². The van der Waals surface area contributed by atoms with Crippen LogP contribution >= 0.6 is 35.6 Å². The summed E-state index contributed by atoms with van der Waals surface area (Å²) >= 11 is 12.3. The van der Waals surface area contributed by atoms with Crippen LogP contribution < -0.4 is 16.0 Å². The molecular weight excluding hydrogens is 371 g/mol. The van der Waals surface area contributed by atoms with E-state index in [2.05, 4.69) is 20.9 Å². The van der Waals surface area contributed by atoms with Gasteiger partial charge < -0.3 is 10.6 Å². The van der Waals surface area contributed by atoms with Gasteiger partial charge in [-0.05, 0) is 30.9 Å². The van der Waals surface area contributed by atoms with Crippen LogP contribution in [0.25, 0.3) is 0 Å². The van der Waals surface area contributed by atoms with E-state index < -0.39 is 0 Å². The van der Waals surface area contributed by atoms with E-state index >= 15 is 0 Å². The van der Waals surface area contributed by atoms with Crippen molar-refractivity contribution in [3.63, 3.8) is 0 Å². The summed E-state index contributed by atoms with van der Waals surface area (Å²) in [6.45, 7) is 0.675. The molecule has 0 bridgehead atoms. The van der Waals surface area contributed by atoms with Gasteiger partial charge in [0.05, 0.1) is 15.7 Å². The standard InChI is InChI=1S/C16H22Cl2N4O.ClH/c1-19-16(23)22-15(20-10-11-6-3-2-4-7-11)21-14-12(17)8-5-9-13(14)18;/h5,8-9,11H,2-4,6-7,10H2,1H3,(H3,19,20,21,22,23);1H. The monoisotopic (exact) mass is 392 g/mol. The number of aliphatic imine (C=N–C) groups is 1. The summed E-state index contributed by atoms with van der Waals surface area (Å²) in [7, 11) is 1.55. The molecule has 2 rings (SSSR count). The van der Waals surface area contributed by atoms with Crippen molar-refractivity contribution in [3.05, 3.63) is 28.2 Å². The van der Waals surface area contributed by atoms with Crippen LogP contribution in [0.5, 0.6) is 0 Å². The molecule has 8 heteroatoms. The van der Waals surface area contributed by atoms with E-state index in [0.29, 0.717) is 34.2 Å². The number of para-hydroxylation sites is 1. The minimum atomic E-state index is -0.344. The number of nitrogens with zero attached hydrogens (tertiary/aromatic N) is 1. The number of hydrogen-bond acceptors (Lipinski definition) is 2. The zero-order chi connectivity index (χ0) is 16.7. The molecular formula is C16H23Cl3N4O. The zero-order valence-electron chi connectivity index (χ0n) is 13.6. The summed E-state index contributed by atoms with van der Waals surface area (Å²) in [5, 5.41) is 9.17. The summed E-state index contributed by atoms with van der Waals surface area (Å²) < 4.78 is 0. The number of carbonyl (C=O) groups is 1.